The fourth-order valence-corrected chi connectivity index (χ4v) is 2.83. The summed E-state index contributed by atoms with van der Waals surface area (Å²) in [7, 11) is 0. The first-order chi connectivity index (χ1) is 8.33. The summed E-state index contributed by atoms with van der Waals surface area (Å²) in [5, 5.41) is 6.18. The van der Waals surface area contributed by atoms with Crippen LogP contribution in [0.4, 0.5) is 9.93 Å². The Kier molecular flexibility index (Phi) is 3.59. The highest BCUT2D eigenvalue weighted by Gasteiger charge is 2.15. The average molecular weight is 328 g/mol. The maximum Gasteiger partial charge on any atom is 0.321 e. The Morgan fingerprint density at radius 1 is 1.39 bits per heavy atom. The second kappa shape index (κ2) is 4.85. The van der Waals surface area contributed by atoms with Crippen LogP contribution in [0.2, 0.25) is 0 Å². The molecule has 0 saturated carbocycles. The third kappa shape index (κ3) is 3.43. The van der Waals surface area contributed by atoms with Gasteiger partial charge in [-0.15, -0.1) is 0 Å². The molecule has 1 aromatic heterocycles. The molecule has 2 N–H and O–H groups in total. The molecule has 0 bridgehead atoms. The van der Waals surface area contributed by atoms with Gasteiger partial charge in [0.05, 0.1) is 10.2 Å². The number of thiazole rings is 1. The fraction of sp³-hybridized carbons (Fsp3) is 0.333. The molecule has 18 heavy (non-hydrogen) atoms. The quantitative estimate of drug-likeness (QED) is 0.832. The zero-order chi connectivity index (χ0) is 13.3. The van der Waals surface area contributed by atoms with Gasteiger partial charge in [0.1, 0.15) is 0 Å². The minimum atomic E-state index is -0.260. The zero-order valence-corrected chi connectivity index (χ0v) is 12.8. The van der Waals surface area contributed by atoms with Crippen LogP contribution in [0.1, 0.15) is 20.8 Å². The Bertz CT molecular complexity index is 589. The number of amides is 2. The molecule has 0 radical (unpaired) electrons. The summed E-state index contributed by atoms with van der Waals surface area (Å²) in [6.45, 7) is 5.80. The number of hydrogen-bond donors (Lipinski definition) is 2. The average Bonchev–Trinajstić information content (AvgIpc) is 2.55. The Morgan fingerprint density at radius 3 is 2.78 bits per heavy atom. The number of carbonyl (C=O) groups excluding carboxylic acids is 1. The maximum absolute atomic E-state index is 11.7. The van der Waals surface area contributed by atoms with Crippen molar-refractivity contribution in [3.63, 3.8) is 0 Å². The van der Waals surface area contributed by atoms with Gasteiger partial charge in [-0.3, -0.25) is 5.32 Å². The highest BCUT2D eigenvalue weighted by Crippen LogP contribution is 2.28. The number of rotatable bonds is 1. The van der Waals surface area contributed by atoms with E-state index in [9.17, 15) is 4.79 Å². The van der Waals surface area contributed by atoms with Crippen LogP contribution in [0.15, 0.2) is 22.7 Å². The fourth-order valence-electron chi connectivity index (χ4n) is 1.42. The molecule has 0 aliphatic carbocycles. The molecule has 1 aromatic carbocycles. The molecule has 0 fully saturated rings. The van der Waals surface area contributed by atoms with Crippen molar-refractivity contribution in [1.29, 1.82) is 0 Å². The highest BCUT2D eigenvalue weighted by atomic mass is 79.9. The number of benzene rings is 1. The smallest absolute Gasteiger partial charge is 0.321 e. The van der Waals surface area contributed by atoms with Crippen LogP contribution in [0, 0.1) is 0 Å². The van der Waals surface area contributed by atoms with Crippen LogP contribution < -0.4 is 10.6 Å². The zero-order valence-electron chi connectivity index (χ0n) is 10.4. The van der Waals surface area contributed by atoms with Crippen molar-refractivity contribution >= 4 is 48.6 Å². The largest absolute Gasteiger partial charge is 0.333 e. The Balaban J connectivity index is 2.15. The maximum atomic E-state index is 11.7. The highest BCUT2D eigenvalue weighted by molar-refractivity contribution is 9.10. The molecule has 2 aromatic rings. The van der Waals surface area contributed by atoms with Crippen LogP contribution in [-0.2, 0) is 0 Å². The van der Waals surface area contributed by atoms with Crippen LogP contribution in [0.3, 0.4) is 0 Å². The number of nitrogens with zero attached hydrogens (tertiary/aromatic N) is 1. The van der Waals surface area contributed by atoms with E-state index in [-0.39, 0.29) is 11.6 Å². The summed E-state index contributed by atoms with van der Waals surface area (Å²) < 4.78 is 2.04. The third-order valence-electron chi connectivity index (χ3n) is 2.06. The van der Waals surface area contributed by atoms with Crippen LogP contribution >= 0.6 is 27.3 Å². The molecule has 6 heteroatoms. The first-order valence-electron chi connectivity index (χ1n) is 5.49. The number of anilines is 1. The summed E-state index contributed by atoms with van der Waals surface area (Å²) >= 11 is 4.86. The van der Waals surface area contributed by atoms with E-state index in [1.807, 2.05) is 39.0 Å². The Morgan fingerprint density at radius 2 is 2.11 bits per heavy atom. The van der Waals surface area contributed by atoms with Gasteiger partial charge in [0, 0.05) is 10.0 Å². The molecule has 0 aliphatic heterocycles. The normalized spacial score (nSPS) is 11.6. The molecule has 0 atom stereocenters. The van der Waals surface area contributed by atoms with E-state index in [0.717, 1.165) is 14.7 Å². The molecule has 0 aliphatic rings. The molecule has 2 rings (SSSR count). The van der Waals surface area contributed by atoms with Crippen LogP contribution in [0.25, 0.3) is 10.2 Å². The number of fused-ring (bicyclic) bond motifs is 1. The second-order valence-corrected chi connectivity index (χ2v) is 6.91. The standard InChI is InChI=1S/C12H14BrN3OS/c1-12(2,3)16-10(17)15-11-14-8-5-4-7(13)6-9(8)18-11/h4-6H,1-3H3,(H2,14,15,16,17). The number of hydrogen-bond acceptors (Lipinski definition) is 3. The minimum Gasteiger partial charge on any atom is -0.333 e. The van der Waals surface area contributed by atoms with E-state index < -0.39 is 0 Å². The number of nitrogens with one attached hydrogen (secondary N) is 2. The molecule has 4 nitrogen and oxygen atoms in total. The van der Waals surface area contributed by atoms with E-state index in [1.165, 1.54) is 11.3 Å². The van der Waals surface area contributed by atoms with Crippen molar-refractivity contribution in [2.24, 2.45) is 0 Å². The molecule has 1 heterocycles. The SMILES string of the molecule is CC(C)(C)NC(=O)Nc1nc2ccc(Br)cc2s1. The summed E-state index contributed by atoms with van der Waals surface area (Å²) in [6.07, 6.45) is 0. The van der Waals surface area contributed by atoms with Crippen molar-refractivity contribution in [2.45, 2.75) is 26.3 Å². The number of halogens is 1. The first-order valence-corrected chi connectivity index (χ1v) is 7.10. The first kappa shape index (κ1) is 13.3. The monoisotopic (exact) mass is 327 g/mol. The van der Waals surface area contributed by atoms with Gasteiger partial charge in [-0.1, -0.05) is 27.3 Å². The lowest BCUT2D eigenvalue weighted by Crippen LogP contribution is -2.43. The number of aromatic nitrogens is 1. The van der Waals surface area contributed by atoms with E-state index in [1.54, 1.807) is 0 Å². The molecule has 0 spiro atoms. The van der Waals surface area contributed by atoms with Crippen LogP contribution in [-0.4, -0.2) is 16.6 Å². The van der Waals surface area contributed by atoms with E-state index >= 15 is 0 Å². The van der Waals surface area contributed by atoms with E-state index in [0.29, 0.717) is 5.13 Å². The molecule has 0 saturated heterocycles. The van der Waals surface area contributed by atoms with Crippen molar-refractivity contribution in [1.82, 2.24) is 10.3 Å². The Hall–Kier alpha value is -1.14. The van der Waals surface area contributed by atoms with E-state index in [2.05, 4.69) is 31.5 Å². The molecular weight excluding hydrogens is 314 g/mol. The van der Waals surface area contributed by atoms with Crippen molar-refractivity contribution < 1.29 is 4.79 Å². The minimum absolute atomic E-state index is 0.236. The van der Waals surface area contributed by atoms with Crippen molar-refractivity contribution in [3.8, 4) is 0 Å². The van der Waals surface area contributed by atoms with Crippen molar-refractivity contribution in [3.05, 3.63) is 22.7 Å². The molecule has 96 valence electrons. The lowest BCUT2D eigenvalue weighted by molar-refractivity contribution is 0.244. The van der Waals surface area contributed by atoms with Gasteiger partial charge in [0.25, 0.3) is 0 Å². The van der Waals surface area contributed by atoms with Gasteiger partial charge < -0.3 is 5.32 Å². The topological polar surface area (TPSA) is 54.0 Å². The molecular formula is C12H14BrN3OS. The van der Waals surface area contributed by atoms with Gasteiger partial charge in [-0.2, -0.15) is 0 Å². The molecule has 0 unspecified atom stereocenters. The number of urea groups is 1. The lowest BCUT2D eigenvalue weighted by atomic mass is 10.1. The second-order valence-electron chi connectivity index (χ2n) is 4.96. The predicted octanol–water partition coefficient (Wildman–Crippen LogP) is 3.98. The van der Waals surface area contributed by atoms with Gasteiger partial charge in [-0.25, -0.2) is 9.78 Å². The summed E-state index contributed by atoms with van der Waals surface area (Å²) in [6, 6.07) is 5.60. The Labute approximate surface area is 118 Å². The van der Waals surface area contributed by atoms with Crippen molar-refractivity contribution in [2.75, 3.05) is 5.32 Å². The summed E-state index contributed by atoms with van der Waals surface area (Å²) in [5.74, 6) is 0. The predicted molar refractivity (Wildman–Crippen MR) is 79.2 cm³/mol. The van der Waals surface area contributed by atoms with Crippen LogP contribution in [0.5, 0.6) is 0 Å². The third-order valence-corrected chi connectivity index (χ3v) is 3.49. The summed E-state index contributed by atoms with van der Waals surface area (Å²) in [4.78, 5) is 16.1. The lowest BCUT2D eigenvalue weighted by Gasteiger charge is -2.19. The van der Waals surface area contributed by atoms with E-state index in [4.69, 9.17) is 0 Å². The summed E-state index contributed by atoms with van der Waals surface area (Å²) in [5.41, 5.74) is 0.623. The molecule has 2 amide bonds. The number of carbonyl (C=O) groups is 1. The van der Waals surface area contributed by atoms with Gasteiger partial charge >= 0.3 is 6.03 Å². The van der Waals surface area contributed by atoms with Gasteiger partial charge in [-0.05, 0) is 39.0 Å². The van der Waals surface area contributed by atoms with Gasteiger partial charge in [0.15, 0.2) is 5.13 Å². The van der Waals surface area contributed by atoms with Gasteiger partial charge in [0.2, 0.25) is 0 Å².